The van der Waals surface area contributed by atoms with Crippen molar-refractivity contribution in [1.82, 2.24) is 9.88 Å². The van der Waals surface area contributed by atoms with Crippen LogP contribution in [0.4, 0.5) is 0 Å². The molecule has 0 amide bonds. The Balaban J connectivity index is 2.21. The molecule has 0 radical (unpaired) electrons. The lowest BCUT2D eigenvalue weighted by atomic mass is 10.1. The summed E-state index contributed by atoms with van der Waals surface area (Å²) in [5, 5.41) is 0. The molecular weight excluding hydrogens is 172 g/mol. The van der Waals surface area contributed by atoms with Crippen LogP contribution in [0, 0.1) is 6.92 Å². The Morgan fingerprint density at radius 3 is 3.07 bits per heavy atom. The average molecular weight is 190 g/mol. The minimum Gasteiger partial charge on any atom is -0.297 e. The van der Waals surface area contributed by atoms with E-state index >= 15 is 0 Å². The maximum atomic E-state index is 4.27. The number of aryl methyl sites for hydroxylation is 1. The molecular formula is C12H18N2. The number of hydrogen-bond acceptors (Lipinski definition) is 2. The quantitative estimate of drug-likeness (QED) is 0.712. The fourth-order valence-electron chi connectivity index (χ4n) is 2.34. The van der Waals surface area contributed by atoms with Crippen molar-refractivity contribution in [2.75, 3.05) is 13.1 Å². The normalized spacial score (nSPS) is 22.9. The second kappa shape index (κ2) is 4.09. The fraction of sp³-hybridized carbons (Fsp3) is 0.583. The lowest BCUT2D eigenvalue weighted by molar-refractivity contribution is 0.271. The molecule has 1 aliphatic rings. The van der Waals surface area contributed by atoms with Gasteiger partial charge < -0.3 is 0 Å². The third-order valence-electron chi connectivity index (χ3n) is 3.05. The summed E-state index contributed by atoms with van der Waals surface area (Å²) in [5.74, 6) is 0. The number of aromatic nitrogens is 1. The highest BCUT2D eigenvalue weighted by Crippen LogP contribution is 2.31. The highest BCUT2D eigenvalue weighted by Gasteiger charge is 2.24. The van der Waals surface area contributed by atoms with E-state index in [4.69, 9.17) is 0 Å². The van der Waals surface area contributed by atoms with Crippen molar-refractivity contribution in [3.05, 3.63) is 29.6 Å². The van der Waals surface area contributed by atoms with Crippen LogP contribution in [0.5, 0.6) is 0 Å². The van der Waals surface area contributed by atoms with Gasteiger partial charge in [0, 0.05) is 18.4 Å². The highest BCUT2D eigenvalue weighted by molar-refractivity contribution is 5.21. The maximum Gasteiger partial charge on any atom is 0.0363 e. The van der Waals surface area contributed by atoms with Gasteiger partial charge in [0.1, 0.15) is 0 Å². The van der Waals surface area contributed by atoms with E-state index < -0.39 is 0 Å². The summed E-state index contributed by atoms with van der Waals surface area (Å²) in [5.41, 5.74) is 2.66. The van der Waals surface area contributed by atoms with E-state index in [9.17, 15) is 0 Å². The molecule has 1 aromatic heterocycles. The van der Waals surface area contributed by atoms with Crippen LogP contribution in [-0.4, -0.2) is 23.0 Å². The highest BCUT2D eigenvalue weighted by atomic mass is 15.2. The Morgan fingerprint density at radius 1 is 1.50 bits per heavy atom. The Morgan fingerprint density at radius 2 is 2.36 bits per heavy atom. The molecule has 0 spiro atoms. The Labute approximate surface area is 86.0 Å². The molecule has 1 saturated heterocycles. The number of pyridine rings is 1. The number of likely N-dealkylation sites (tertiary alicyclic amines) is 1. The van der Waals surface area contributed by atoms with Crippen LogP contribution < -0.4 is 0 Å². The molecule has 1 aliphatic heterocycles. The first kappa shape index (κ1) is 9.66. The van der Waals surface area contributed by atoms with Crippen molar-refractivity contribution in [1.29, 1.82) is 0 Å². The Bertz CT molecular complexity index is 309. The summed E-state index contributed by atoms with van der Waals surface area (Å²) in [6.07, 6.45) is 6.56. The number of hydrogen-bond donors (Lipinski definition) is 0. The minimum absolute atomic E-state index is 0.618. The average Bonchev–Trinajstić information content (AvgIpc) is 2.65. The Kier molecular flexibility index (Phi) is 2.82. The van der Waals surface area contributed by atoms with Crippen LogP contribution in [0.3, 0.4) is 0 Å². The van der Waals surface area contributed by atoms with E-state index in [-0.39, 0.29) is 0 Å². The molecule has 2 rings (SSSR count). The predicted octanol–water partition coefficient (Wildman–Crippen LogP) is 2.55. The van der Waals surface area contributed by atoms with Crippen molar-refractivity contribution >= 4 is 0 Å². The Hall–Kier alpha value is -0.890. The zero-order valence-electron chi connectivity index (χ0n) is 9.03. The standard InChI is InChI=1S/C12H18N2/c1-3-14-6-4-5-12(14)11-7-10(2)8-13-9-11/h7-9,12H,3-6H2,1-2H3. The van der Waals surface area contributed by atoms with E-state index in [0.717, 1.165) is 6.54 Å². The largest absolute Gasteiger partial charge is 0.297 e. The van der Waals surface area contributed by atoms with E-state index in [1.54, 1.807) is 0 Å². The van der Waals surface area contributed by atoms with Gasteiger partial charge in [-0.15, -0.1) is 0 Å². The third kappa shape index (κ3) is 1.80. The molecule has 0 aliphatic carbocycles. The van der Waals surface area contributed by atoms with E-state index in [2.05, 4.69) is 29.8 Å². The van der Waals surface area contributed by atoms with Crippen LogP contribution in [0.1, 0.15) is 36.9 Å². The van der Waals surface area contributed by atoms with E-state index in [1.165, 1.54) is 30.5 Å². The zero-order chi connectivity index (χ0) is 9.97. The van der Waals surface area contributed by atoms with E-state index in [0.29, 0.717) is 6.04 Å². The van der Waals surface area contributed by atoms with Crippen LogP contribution in [0.25, 0.3) is 0 Å². The third-order valence-corrected chi connectivity index (χ3v) is 3.05. The summed E-state index contributed by atoms with van der Waals surface area (Å²) >= 11 is 0. The van der Waals surface area contributed by atoms with E-state index in [1.807, 2.05) is 12.4 Å². The molecule has 0 aromatic carbocycles. The smallest absolute Gasteiger partial charge is 0.0363 e. The van der Waals surface area contributed by atoms with Gasteiger partial charge in [-0.3, -0.25) is 9.88 Å². The molecule has 2 heterocycles. The topological polar surface area (TPSA) is 16.1 Å². The molecule has 0 N–H and O–H groups in total. The summed E-state index contributed by atoms with van der Waals surface area (Å²) in [4.78, 5) is 6.81. The molecule has 76 valence electrons. The molecule has 14 heavy (non-hydrogen) atoms. The van der Waals surface area contributed by atoms with Crippen molar-refractivity contribution < 1.29 is 0 Å². The van der Waals surface area contributed by atoms with Crippen molar-refractivity contribution in [2.24, 2.45) is 0 Å². The molecule has 1 aromatic rings. The van der Waals surface area contributed by atoms with Crippen molar-refractivity contribution in [3.8, 4) is 0 Å². The van der Waals surface area contributed by atoms with Gasteiger partial charge in [0.15, 0.2) is 0 Å². The van der Waals surface area contributed by atoms with Gasteiger partial charge in [0.25, 0.3) is 0 Å². The van der Waals surface area contributed by atoms with Crippen LogP contribution in [-0.2, 0) is 0 Å². The first-order valence-electron chi connectivity index (χ1n) is 5.47. The van der Waals surface area contributed by atoms with Gasteiger partial charge in [-0.05, 0) is 44.0 Å². The number of rotatable bonds is 2. The summed E-state index contributed by atoms with van der Waals surface area (Å²) in [6.45, 7) is 6.75. The molecule has 0 saturated carbocycles. The summed E-state index contributed by atoms with van der Waals surface area (Å²) in [6, 6.07) is 2.89. The van der Waals surface area contributed by atoms with Gasteiger partial charge in [0.2, 0.25) is 0 Å². The van der Waals surface area contributed by atoms with Crippen molar-refractivity contribution in [3.63, 3.8) is 0 Å². The second-order valence-corrected chi connectivity index (χ2v) is 4.08. The first-order chi connectivity index (χ1) is 6.81. The maximum absolute atomic E-state index is 4.27. The predicted molar refractivity (Wildman–Crippen MR) is 58.2 cm³/mol. The monoisotopic (exact) mass is 190 g/mol. The molecule has 1 fully saturated rings. The zero-order valence-corrected chi connectivity index (χ0v) is 9.03. The summed E-state index contributed by atoms with van der Waals surface area (Å²) in [7, 11) is 0. The molecule has 0 bridgehead atoms. The van der Waals surface area contributed by atoms with Gasteiger partial charge in [-0.25, -0.2) is 0 Å². The van der Waals surface area contributed by atoms with Crippen LogP contribution in [0.2, 0.25) is 0 Å². The van der Waals surface area contributed by atoms with Crippen LogP contribution >= 0.6 is 0 Å². The fourth-order valence-corrected chi connectivity index (χ4v) is 2.34. The first-order valence-corrected chi connectivity index (χ1v) is 5.47. The van der Waals surface area contributed by atoms with Gasteiger partial charge >= 0.3 is 0 Å². The molecule has 2 nitrogen and oxygen atoms in total. The van der Waals surface area contributed by atoms with Crippen molar-refractivity contribution in [2.45, 2.75) is 32.7 Å². The molecule has 1 unspecified atom stereocenters. The van der Waals surface area contributed by atoms with Gasteiger partial charge in [-0.2, -0.15) is 0 Å². The summed E-state index contributed by atoms with van der Waals surface area (Å²) < 4.78 is 0. The van der Waals surface area contributed by atoms with Gasteiger partial charge in [0.05, 0.1) is 0 Å². The van der Waals surface area contributed by atoms with Gasteiger partial charge in [-0.1, -0.05) is 13.0 Å². The number of nitrogens with zero attached hydrogens (tertiary/aromatic N) is 2. The van der Waals surface area contributed by atoms with Crippen LogP contribution in [0.15, 0.2) is 18.5 Å². The second-order valence-electron chi connectivity index (χ2n) is 4.08. The SMILES string of the molecule is CCN1CCCC1c1cncc(C)c1. The molecule has 2 heteroatoms. The lowest BCUT2D eigenvalue weighted by Gasteiger charge is -2.22. The minimum atomic E-state index is 0.618. The lowest BCUT2D eigenvalue weighted by Crippen LogP contribution is -2.22. The molecule has 1 atom stereocenters.